The van der Waals surface area contributed by atoms with Gasteiger partial charge in [-0.3, -0.25) is 9.59 Å². The van der Waals surface area contributed by atoms with E-state index >= 15 is 0 Å². The van der Waals surface area contributed by atoms with Crippen LogP contribution in [0.1, 0.15) is 34.6 Å². The van der Waals surface area contributed by atoms with Crippen molar-refractivity contribution in [3.63, 3.8) is 0 Å². The second kappa shape index (κ2) is 6.72. The van der Waals surface area contributed by atoms with E-state index in [-0.39, 0.29) is 23.8 Å². The molecule has 0 aliphatic heterocycles. The quantitative estimate of drug-likeness (QED) is 0.797. The number of nitrogens with one attached hydrogen (secondary N) is 2. The Morgan fingerprint density at radius 2 is 1.62 bits per heavy atom. The van der Waals surface area contributed by atoms with Gasteiger partial charge in [0.15, 0.2) is 0 Å². The van der Waals surface area contributed by atoms with Crippen LogP contribution in [-0.4, -0.2) is 17.9 Å². The lowest BCUT2D eigenvalue weighted by atomic mass is 9.95. The minimum atomic E-state index is -0.469. The molecule has 5 nitrogen and oxygen atoms in total. The molecule has 2 atom stereocenters. The highest BCUT2D eigenvalue weighted by Crippen LogP contribution is 2.20. The van der Waals surface area contributed by atoms with Gasteiger partial charge < -0.3 is 16.4 Å². The first-order chi connectivity index (χ1) is 9.61. The molecule has 1 aromatic carbocycles. The first-order valence-corrected chi connectivity index (χ1v) is 7.09. The largest absolute Gasteiger partial charge is 0.327 e. The third-order valence-electron chi connectivity index (χ3n) is 3.27. The number of amides is 2. The minimum absolute atomic E-state index is 0.0741. The SMILES string of the molecule is CC(N)C(C)C(=O)Nc1cccc(NC(=O)C(C)(C)C)c1. The molecule has 0 aromatic heterocycles. The smallest absolute Gasteiger partial charge is 0.229 e. The number of benzene rings is 1. The Kier molecular flexibility index (Phi) is 5.49. The van der Waals surface area contributed by atoms with E-state index in [1.807, 2.05) is 20.8 Å². The van der Waals surface area contributed by atoms with Crippen molar-refractivity contribution in [2.75, 3.05) is 10.6 Å². The summed E-state index contributed by atoms with van der Waals surface area (Å²) >= 11 is 0. The van der Waals surface area contributed by atoms with Crippen molar-refractivity contribution in [2.24, 2.45) is 17.1 Å². The summed E-state index contributed by atoms with van der Waals surface area (Å²) < 4.78 is 0. The van der Waals surface area contributed by atoms with Crippen LogP contribution in [0.4, 0.5) is 11.4 Å². The van der Waals surface area contributed by atoms with E-state index in [4.69, 9.17) is 5.73 Å². The van der Waals surface area contributed by atoms with Gasteiger partial charge in [-0.25, -0.2) is 0 Å². The monoisotopic (exact) mass is 291 g/mol. The van der Waals surface area contributed by atoms with Crippen LogP contribution in [0.15, 0.2) is 24.3 Å². The summed E-state index contributed by atoms with van der Waals surface area (Å²) in [4.78, 5) is 23.9. The average Bonchev–Trinajstić information content (AvgIpc) is 2.36. The van der Waals surface area contributed by atoms with Gasteiger partial charge in [0.05, 0.1) is 5.92 Å². The van der Waals surface area contributed by atoms with Crippen LogP contribution < -0.4 is 16.4 Å². The molecular weight excluding hydrogens is 266 g/mol. The zero-order valence-electron chi connectivity index (χ0n) is 13.4. The third-order valence-corrected chi connectivity index (χ3v) is 3.27. The van der Waals surface area contributed by atoms with Crippen molar-refractivity contribution < 1.29 is 9.59 Å². The molecule has 0 radical (unpaired) electrons. The van der Waals surface area contributed by atoms with Crippen LogP contribution in [0.25, 0.3) is 0 Å². The number of carbonyl (C=O) groups is 2. The molecule has 4 N–H and O–H groups in total. The maximum Gasteiger partial charge on any atom is 0.229 e. The van der Waals surface area contributed by atoms with E-state index in [1.54, 1.807) is 38.1 Å². The van der Waals surface area contributed by atoms with Crippen LogP contribution in [0, 0.1) is 11.3 Å². The molecule has 0 spiro atoms. The number of nitrogens with two attached hydrogens (primary N) is 1. The normalized spacial score (nSPS) is 14.2. The summed E-state index contributed by atoms with van der Waals surface area (Å²) in [5.41, 5.74) is 6.54. The van der Waals surface area contributed by atoms with Gasteiger partial charge in [-0.2, -0.15) is 0 Å². The van der Waals surface area contributed by atoms with E-state index in [1.165, 1.54) is 0 Å². The first-order valence-electron chi connectivity index (χ1n) is 7.09. The molecule has 0 fully saturated rings. The van der Waals surface area contributed by atoms with E-state index in [9.17, 15) is 9.59 Å². The van der Waals surface area contributed by atoms with Crippen LogP contribution >= 0.6 is 0 Å². The van der Waals surface area contributed by atoms with Crippen LogP contribution in [0.3, 0.4) is 0 Å². The predicted molar refractivity (Wildman–Crippen MR) is 86.0 cm³/mol. The Morgan fingerprint density at radius 3 is 2.10 bits per heavy atom. The predicted octanol–water partition coefficient (Wildman–Crippen LogP) is 2.59. The van der Waals surface area contributed by atoms with Gasteiger partial charge in [-0.15, -0.1) is 0 Å². The molecule has 21 heavy (non-hydrogen) atoms. The Bertz CT molecular complexity index is 518. The van der Waals surface area contributed by atoms with E-state index in [0.29, 0.717) is 11.4 Å². The number of carbonyl (C=O) groups excluding carboxylic acids is 2. The topological polar surface area (TPSA) is 84.2 Å². The van der Waals surface area contributed by atoms with Crippen molar-refractivity contribution in [3.05, 3.63) is 24.3 Å². The molecule has 5 heteroatoms. The molecule has 0 aliphatic carbocycles. The zero-order chi connectivity index (χ0) is 16.2. The minimum Gasteiger partial charge on any atom is -0.327 e. The van der Waals surface area contributed by atoms with Crippen molar-refractivity contribution >= 4 is 23.2 Å². The Labute approximate surface area is 126 Å². The van der Waals surface area contributed by atoms with E-state index < -0.39 is 5.41 Å². The summed E-state index contributed by atoms with van der Waals surface area (Å²) in [5.74, 6) is -0.489. The standard InChI is InChI=1S/C16H25N3O2/c1-10(11(2)17)14(20)18-12-7-6-8-13(9-12)19-15(21)16(3,4)5/h6-11H,17H2,1-5H3,(H,18,20)(H,19,21). The molecule has 0 saturated carbocycles. The highest BCUT2D eigenvalue weighted by atomic mass is 16.2. The van der Waals surface area contributed by atoms with Crippen molar-refractivity contribution in [1.82, 2.24) is 0 Å². The Hall–Kier alpha value is -1.88. The van der Waals surface area contributed by atoms with E-state index in [0.717, 1.165) is 0 Å². The van der Waals surface area contributed by atoms with Gasteiger partial charge in [-0.1, -0.05) is 33.8 Å². The van der Waals surface area contributed by atoms with Crippen LogP contribution in [0.2, 0.25) is 0 Å². The Balaban J connectivity index is 2.78. The summed E-state index contributed by atoms with van der Waals surface area (Å²) in [6.07, 6.45) is 0. The summed E-state index contributed by atoms with van der Waals surface area (Å²) in [6.45, 7) is 9.12. The molecule has 0 saturated heterocycles. The molecule has 2 amide bonds. The average molecular weight is 291 g/mol. The maximum absolute atomic E-state index is 12.0. The summed E-state index contributed by atoms with van der Waals surface area (Å²) in [6, 6.07) is 6.86. The second-order valence-corrected chi connectivity index (χ2v) is 6.42. The Morgan fingerprint density at radius 1 is 1.10 bits per heavy atom. The zero-order valence-corrected chi connectivity index (χ0v) is 13.4. The lowest BCUT2D eigenvalue weighted by Gasteiger charge is -2.19. The van der Waals surface area contributed by atoms with Gasteiger partial charge in [0, 0.05) is 22.8 Å². The molecule has 0 heterocycles. The first kappa shape index (κ1) is 17.2. The number of rotatable bonds is 4. The molecule has 0 bridgehead atoms. The fourth-order valence-electron chi connectivity index (χ4n) is 1.49. The fraction of sp³-hybridized carbons (Fsp3) is 0.500. The molecular formula is C16H25N3O2. The molecule has 1 rings (SSSR count). The van der Waals surface area contributed by atoms with Crippen molar-refractivity contribution in [3.8, 4) is 0 Å². The molecule has 1 aromatic rings. The summed E-state index contributed by atoms with van der Waals surface area (Å²) in [5, 5.41) is 5.64. The number of hydrogen-bond acceptors (Lipinski definition) is 3. The van der Waals surface area contributed by atoms with Crippen molar-refractivity contribution in [2.45, 2.75) is 40.7 Å². The number of anilines is 2. The lowest BCUT2D eigenvalue weighted by Crippen LogP contribution is -2.34. The fourth-order valence-corrected chi connectivity index (χ4v) is 1.49. The molecule has 2 unspecified atom stereocenters. The van der Waals surface area contributed by atoms with Gasteiger partial charge in [0.25, 0.3) is 0 Å². The lowest BCUT2D eigenvalue weighted by molar-refractivity contribution is -0.123. The highest BCUT2D eigenvalue weighted by Gasteiger charge is 2.21. The maximum atomic E-state index is 12.0. The van der Waals surface area contributed by atoms with Crippen molar-refractivity contribution in [1.29, 1.82) is 0 Å². The second-order valence-electron chi connectivity index (χ2n) is 6.42. The third kappa shape index (κ3) is 5.19. The molecule has 116 valence electrons. The van der Waals surface area contributed by atoms with E-state index in [2.05, 4.69) is 10.6 Å². The van der Waals surface area contributed by atoms with Crippen LogP contribution in [0.5, 0.6) is 0 Å². The molecule has 0 aliphatic rings. The van der Waals surface area contributed by atoms with Crippen LogP contribution in [-0.2, 0) is 9.59 Å². The highest BCUT2D eigenvalue weighted by molar-refractivity contribution is 5.96. The summed E-state index contributed by atoms with van der Waals surface area (Å²) in [7, 11) is 0. The number of hydrogen-bond donors (Lipinski definition) is 3. The van der Waals surface area contributed by atoms with Gasteiger partial charge in [0.1, 0.15) is 0 Å². The van der Waals surface area contributed by atoms with Gasteiger partial charge in [-0.05, 0) is 25.1 Å². The van der Waals surface area contributed by atoms with Gasteiger partial charge in [0.2, 0.25) is 11.8 Å². The van der Waals surface area contributed by atoms with Gasteiger partial charge >= 0.3 is 0 Å².